The number of nitrogens with zero attached hydrogens (tertiary/aromatic N) is 2. The van der Waals surface area contributed by atoms with Crippen molar-refractivity contribution in [2.75, 3.05) is 19.7 Å². The second-order valence-corrected chi connectivity index (χ2v) is 6.61. The number of nitrogens with one attached hydrogen (secondary N) is 1. The SMILES string of the molecule is Cc1cnc([C@@H]2CN(C(=O)CC3(O)CCCCC3)CCO2)[nH]1. The lowest BCUT2D eigenvalue weighted by Gasteiger charge is -2.36. The molecule has 1 aromatic heterocycles. The van der Waals surface area contributed by atoms with E-state index >= 15 is 0 Å². The van der Waals surface area contributed by atoms with E-state index in [-0.39, 0.29) is 18.4 Å². The molecular weight excluding hydrogens is 282 g/mol. The summed E-state index contributed by atoms with van der Waals surface area (Å²) in [5, 5.41) is 10.6. The molecule has 22 heavy (non-hydrogen) atoms. The number of aryl methyl sites for hydroxylation is 1. The molecule has 0 spiro atoms. The van der Waals surface area contributed by atoms with Crippen LogP contribution >= 0.6 is 0 Å². The van der Waals surface area contributed by atoms with Crippen molar-refractivity contribution in [3.05, 3.63) is 17.7 Å². The lowest BCUT2D eigenvalue weighted by molar-refractivity contribution is -0.145. The number of hydrogen-bond acceptors (Lipinski definition) is 4. The molecule has 2 N–H and O–H groups in total. The van der Waals surface area contributed by atoms with Crippen LogP contribution < -0.4 is 0 Å². The minimum absolute atomic E-state index is 0.0287. The van der Waals surface area contributed by atoms with Crippen LogP contribution in [0.3, 0.4) is 0 Å². The number of ether oxygens (including phenoxy) is 1. The van der Waals surface area contributed by atoms with Crippen LogP contribution in [0.4, 0.5) is 0 Å². The van der Waals surface area contributed by atoms with Crippen LogP contribution in [0.15, 0.2) is 6.20 Å². The van der Waals surface area contributed by atoms with Crippen molar-refractivity contribution in [3.63, 3.8) is 0 Å². The maximum Gasteiger partial charge on any atom is 0.225 e. The van der Waals surface area contributed by atoms with Crippen LogP contribution in [-0.4, -0.2) is 51.2 Å². The third-order valence-electron chi connectivity index (χ3n) is 4.71. The second-order valence-electron chi connectivity index (χ2n) is 6.61. The van der Waals surface area contributed by atoms with Gasteiger partial charge in [0, 0.05) is 18.4 Å². The van der Waals surface area contributed by atoms with E-state index in [1.54, 1.807) is 11.1 Å². The van der Waals surface area contributed by atoms with Crippen LogP contribution in [0.1, 0.15) is 56.1 Å². The van der Waals surface area contributed by atoms with E-state index in [9.17, 15) is 9.90 Å². The Labute approximate surface area is 130 Å². The van der Waals surface area contributed by atoms with Crippen molar-refractivity contribution in [2.45, 2.75) is 57.2 Å². The van der Waals surface area contributed by atoms with Crippen LogP contribution in [0.25, 0.3) is 0 Å². The fourth-order valence-corrected chi connectivity index (χ4v) is 3.42. The van der Waals surface area contributed by atoms with Crippen molar-refractivity contribution < 1.29 is 14.6 Å². The summed E-state index contributed by atoms with van der Waals surface area (Å²) in [5.74, 6) is 0.798. The molecule has 1 atom stereocenters. The van der Waals surface area contributed by atoms with Gasteiger partial charge in [-0.05, 0) is 19.8 Å². The molecular formula is C16H25N3O3. The smallest absolute Gasteiger partial charge is 0.225 e. The molecule has 0 bridgehead atoms. The summed E-state index contributed by atoms with van der Waals surface area (Å²) in [6, 6.07) is 0. The highest BCUT2D eigenvalue weighted by Crippen LogP contribution is 2.32. The Morgan fingerprint density at radius 1 is 1.50 bits per heavy atom. The van der Waals surface area contributed by atoms with E-state index < -0.39 is 5.60 Å². The van der Waals surface area contributed by atoms with Crippen molar-refractivity contribution in [1.82, 2.24) is 14.9 Å². The average molecular weight is 307 g/mol. The molecule has 3 rings (SSSR count). The number of morpholine rings is 1. The maximum absolute atomic E-state index is 12.5. The summed E-state index contributed by atoms with van der Waals surface area (Å²) in [5.41, 5.74) is 0.184. The Balaban J connectivity index is 1.60. The average Bonchev–Trinajstić information content (AvgIpc) is 2.94. The summed E-state index contributed by atoms with van der Waals surface area (Å²) in [6.45, 7) is 3.54. The molecule has 1 aromatic rings. The molecule has 1 aliphatic carbocycles. The molecule has 0 unspecified atom stereocenters. The highest BCUT2D eigenvalue weighted by Gasteiger charge is 2.35. The highest BCUT2D eigenvalue weighted by atomic mass is 16.5. The molecule has 6 nitrogen and oxygen atoms in total. The van der Waals surface area contributed by atoms with Gasteiger partial charge in [-0.25, -0.2) is 4.98 Å². The molecule has 1 amide bonds. The first-order chi connectivity index (χ1) is 10.6. The van der Waals surface area contributed by atoms with Crippen molar-refractivity contribution in [3.8, 4) is 0 Å². The van der Waals surface area contributed by atoms with Crippen molar-refractivity contribution in [2.24, 2.45) is 0 Å². The first kappa shape index (κ1) is 15.5. The third-order valence-corrected chi connectivity index (χ3v) is 4.71. The molecule has 0 radical (unpaired) electrons. The zero-order chi connectivity index (χ0) is 15.6. The Hall–Kier alpha value is -1.40. The quantitative estimate of drug-likeness (QED) is 0.891. The minimum atomic E-state index is -0.801. The monoisotopic (exact) mass is 307 g/mol. The number of aromatic amines is 1. The Morgan fingerprint density at radius 2 is 2.27 bits per heavy atom. The molecule has 0 aromatic carbocycles. The summed E-state index contributed by atoms with van der Waals surface area (Å²) < 4.78 is 5.72. The first-order valence-corrected chi connectivity index (χ1v) is 8.19. The topological polar surface area (TPSA) is 78.5 Å². The Bertz CT molecular complexity index is 522. The number of rotatable bonds is 3. The van der Waals surface area contributed by atoms with E-state index in [0.29, 0.717) is 19.7 Å². The number of amides is 1. The first-order valence-electron chi connectivity index (χ1n) is 8.19. The van der Waals surface area contributed by atoms with Gasteiger partial charge >= 0.3 is 0 Å². The van der Waals surface area contributed by atoms with Crippen LogP contribution in [0.5, 0.6) is 0 Å². The number of carbonyl (C=O) groups is 1. The molecule has 2 heterocycles. The molecule has 2 fully saturated rings. The van der Waals surface area contributed by atoms with Gasteiger partial charge in [0.1, 0.15) is 11.9 Å². The van der Waals surface area contributed by atoms with Gasteiger partial charge in [-0.1, -0.05) is 19.3 Å². The summed E-state index contributed by atoms with van der Waals surface area (Å²) in [7, 11) is 0. The third kappa shape index (κ3) is 3.50. The van der Waals surface area contributed by atoms with Gasteiger partial charge in [0.2, 0.25) is 5.91 Å². The predicted molar refractivity (Wildman–Crippen MR) is 81.2 cm³/mol. The van der Waals surface area contributed by atoms with Gasteiger partial charge in [-0.15, -0.1) is 0 Å². The van der Waals surface area contributed by atoms with E-state index in [0.717, 1.165) is 43.6 Å². The number of imidazole rings is 1. The van der Waals surface area contributed by atoms with Gasteiger partial charge in [0.05, 0.1) is 25.2 Å². The number of aliphatic hydroxyl groups is 1. The van der Waals surface area contributed by atoms with Crippen LogP contribution in [0, 0.1) is 6.92 Å². The molecule has 122 valence electrons. The van der Waals surface area contributed by atoms with Crippen LogP contribution in [-0.2, 0) is 9.53 Å². The number of carbonyl (C=O) groups excluding carboxylic acids is 1. The van der Waals surface area contributed by atoms with E-state index in [1.165, 1.54) is 0 Å². The van der Waals surface area contributed by atoms with Gasteiger partial charge in [-0.2, -0.15) is 0 Å². The van der Waals surface area contributed by atoms with E-state index in [1.807, 2.05) is 6.92 Å². The molecule has 1 saturated heterocycles. The molecule has 1 saturated carbocycles. The van der Waals surface area contributed by atoms with Crippen LogP contribution in [0.2, 0.25) is 0 Å². The van der Waals surface area contributed by atoms with E-state index in [4.69, 9.17) is 4.74 Å². The largest absolute Gasteiger partial charge is 0.389 e. The van der Waals surface area contributed by atoms with E-state index in [2.05, 4.69) is 9.97 Å². The van der Waals surface area contributed by atoms with Crippen molar-refractivity contribution in [1.29, 1.82) is 0 Å². The van der Waals surface area contributed by atoms with Gasteiger partial charge in [-0.3, -0.25) is 4.79 Å². The van der Waals surface area contributed by atoms with Gasteiger partial charge in [0.25, 0.3) is 0 Å². The number of aromatic nitrogens is 2. The Morgan fingerprint density at radius 3 is 2.95 bits per heavy atom. The Kier molecular flexibility index (Phi) is 4.49. The predicted octanol–water partition coefficient (Wildman–Crippen LogP) is 1.70. The van der Waals surface area contributed by atoms with Gasteiger partial charge < -0.3 is 19.7 Å². The normalized spacial score (nSPS) is 25.2. The van der Waals surface area contributed by atoms with Crippen molar-refractivity contribution >= 4 is 5.91 Å². The fraction of sp³-hybridized carbons (Fsp3) is 0.750. The van der Waals surface area contributed by atoms with Gasteiger partial charge in [0.15, 0.2) is 0 Å². The number of hydrogen-bond donors (Lipinski definition) is 2. The molecule has 1 aliphatic heterocycles. The summed E-state index contributed by atoms with van der Waals surface area (Å²) >= 11 is 0. The highest BCUT2D eigenvalue weighted by molar-refractivity contribution is 5.77. The number of H-pyrrole nitrogens is 1. The summed E-state index contributed by atoms with van der Waals surface area (Å²) in [6.07, 6.45) is 6.47. The molecule has 6 heteroatoms. The zero-order valence-corrected chi connectivity index (χ0v) is 13.2. The fourth-order valence-electron chi connectivity index (χ4n) is 3.42. The standard InChI is InChI=1S/C16H25N3O3/c1-12-10-17-15(18-12)13-11-19(7-8-22-13)14(20)9-16(21)5-3-2-4-6-16/h10,13,21H,2-9,11H2,1H3,(H,17,18)/t13-/m0/s1. The second kappa shape index (κ2) is 6.38. The maximum atomic E-state index is 12.5. The minimum Gasteiger partial charge on any atom is -0.389 e. The lowest BCUT2D eigenvalue weighted by Crippen LogP contribution is -2.46. The molecule has 2 aliphatic rings. The summed E-state index contributed by atoms with van der Waals surface area (Å²) in [4.78, 5) is 21.8. The lowest BCUT2D eigenvalue weighted by atomic mass is 9.82. The zero-order valence-electron chi connectivity index (χ0n) is 13.2.